The van der Waals surface area contributed by atoms with Crippen LogP contribution in [0.3, 0.4) is 0 Å². The molecule has 257 valence electrons. The third-order valence-electron chi connectivity index (χ3n) is 10.4. The van der Waals surface area contributed by atoms with E-state index in [0.29, 0.717) is 0 Å². The van der Waals surface area contributed by atoms with Gasteiger partial charge in [-0.15, -0.1) is 0 Å². The second kappa shape index (κ2) is 13.9. The van der Waals surface area contributed by atoms with Crippen LogP contribution in [0.1, 0.15) is 45.0 Å². The third-order valence-corrected chi connectivity index (χ3v) is 10.4. The average Bonchev–Trinajstić information content (AvgIpc) is 3.99. The number of aromatic nitrogens is 4. The molecule has 2 aliphatic rings. The molecule has 0 saturated heterocycles. The minimum Gasteiger partial charge on any atom is -0.354 e. The Morgan fingerprint density at radius 1 is 0.321 bits per heavy atom. The van der Waals surface area contributed by atoms with E-state index < -0.39 is 0 Å². The number of nitrogens with one attached hydrogen (secondary N) is 2. The number of aryl methyl sites for hydroxylation is 4. The predicted molar refractivity (Wildman–Crippen MR) is 220 cm³/mol. The maximum Gasteiger partial charge on any atom is 0.0737 e. The maximum absolute atomic E-state index is 5.46. The molecule has 2 N–H and O–H groups in total. The zero-order valence-corrected chi connectivity index (χ0v) is 31.3. The molecule has 53 heavy (non-hydrogen) atoms. The Morgan fingerprint density at radius 2 is 0.547 bits per heavy atom. The van der Waals surface area contributed by atoms with E-state index in [0.717, 1.165) is 89.4 Å². The quantitative estimate of drug-likeness (QED) is 0.178. The van der Waals surface area contributed by atoms with Gasteiger partial charge in [0.15, 0.2) is 0 Å². The van der Waals surface area contributed by atoms with Gasteiger partial charge >= 0.3 is 0 Å². The zero-order chi connectivity index (χ0) is 35.3. The molecule has 7 aromatic rings. The fraction of sp³-hybridized carbons (Fsp3) is 0.0833. The van der Waals surface area contributed by atoms with Crippen molar-refractivity contribution in [2.75, 3.05) is 0 Å². The SMILES string of the molecule is Cc1ccccc1-c1c2nc(c(-c3ccccc3C)c3ccc([nH]3)c(-c3ccccc3C)c3nc(c(-c4ccccc4C)c4ccc1[nH]4)C=C3)C=C2.[Mn]. The number of rotatable bonds is 4. The summed E-state index contributed by atoms with van der Waals surface area (Å²) in [6, 6.07) is 43.0. The minimum absolute atomic E-state index is 0. The Morgan fingerprint density at radius 3 is 0.774 bits per heavy atom. The number of nitrogens with zero attached hydrogens (tertiary/aromatic N) is 2. The van der Waals surface area contributed by atoms with Gasteiger partial charge in [0.1, 0.15) is 0 Å². The van der Waals surface area contributed by atoms with Crippen LogP contribution in [0.25, 0.3) is 90.9 Å². The Balaban J connectivity index is 0.00000400. The van der Waals surface area contributed by atoms with Crippen LogP contribution < -0.4 is 0 Å². The zero-order valence-electron chi connectivity index (χ0n) is 30.1. The number of aromatic amines is 2. The molecule has 8 bridgehead atoms. The van der Waals surface area contributed by atoms with Crippen LogP contribution in [0, 0.1) is 27.7 Å². The van der Waals surface area contributed by atoms with Gasteiger partial charge in [-0.25, -0.2) is 9.97 Å². The predicted octanol–water partition coefficient (Wildman–Crippen LogP) is 12.6. The first kappa shape index (κ1) is 34.1. The van der Waals surface area contributed by atoms with Gasteiger partial charge in [0.05, 0.1) is 22.8 Å². The van der Waals surface area contributed by atoms with Crippen molar-refractivity contribution in [3.63, 3.8) is 0 Å². The van der Waals surface area contributed by atoms with E-state index in [4.69, 9.17) is 9.97 Å². The summed E-state index contributed by atoms with van der Waals surface area (Å²) in [4.78, 5) is 18.7. The van der Waals surface area contributed by atoms with Crippen molar-refractivity contribution in [1.29, 1.82) is 0 Å². The molecule has 4 nitrogen and oxygen atoms in total. The molecule has 0 aliphatic carbocycles. The summed E-state index contributed by atoms with van der Waals surface area (Å²) < 4.78 is 0. The summed E-state index contributed by atoms with van der Waals surface area (Å²) in [5.74, 6) is 0. The number of fused-ring (bicyclic) bond motifs is 8. The summed E-state index contributed by atoms with van der Waals surface area (Å²) in [6.07, 6.45) is 8.66. The molecule has 5 heteroatoms. The maximum atomic E-state index is 5.46. The second-order valence-corrected chi connectivity index (χ2v) is 13.8. The average molecular weight is 726 g/mol. The van der Waals surface area contributed by atoms with E-state index in [2.05, 4.69) is 183 Å². The molecule has 9 rings (SSSR count). The summed E-state index contributed by atoms with van der Waals surface area (Å²) >= 11 is 0. The van der Waals surface area contributed by atoms with Crippen LogP contribution in [0.5, 0.6) is 0 Å². The molecule has 0 atom stereocenters. The van der Waals surface area contributed by atoms with Gasteiger partial charge in [0.25, 0.3) is 0 Å². The van der Waals surface area contributed by atoms with Crippen molar-refractivity contribution in [3.8, 4) is 44.5 Å². The molecule has 2 aliphatic heterocycles. The van der Waals surface area contributed by atoms with E-state index in [1.807, 2.05) is 0 Å². The van der Waals surface area contributed by atoms with E-state index >= 15 is 0 Å². The molecule has 4 aromatic carbocycles. The van der Waals surface area contributed by atoms with Crippen molar-refractivity contribution >= 4 is 46.4 Å². The summed E-state index contributed by atoms with van der Waals surface area (Å²) in [5.41, 5.74) is 21.3. The molecule has 0 spiro atoms. The van der Waals surface area contributed by atoms with Crippen molar-refractivity contribution in [3.05, 3.63) is 166 Å². The summed E-state index contributed by atoms with van der Waals surface area (Å²) in [6.45, 7) is 8.68. The molecule has 5 heterocycles. The topological polar surface area (TPSA) is 57.4 Å². The fourth-order valence-corrected chi connectivity index (χ4v) is 7.75. The number of H-pyrrole nitrogens is 2. The first-order valence-corrected chi connectivity index (χ1v) is 17.8. The molecular weight excluding hydrogens is 687 g/mol. The van der Waals surface area contributed by atoms with Gasteiger partial charge in [-0.1, -0.05) is 97.1 Å². The van der Waals surface area contributed by atoms with Crippen LogP contribution in [0.2, 0.25) is 0 Å². The Kier molecular flexibility index (Phi) is 8.91. The Hall–Kier alpha value is -6.00. The standard InChI is InChI=1S/C48H38N4.Mn/c1-29-13-5-9-17-33(29)45-37-21-23-39(49-37)46(34-18-10-6-14-30(34)2)41-25-27-43(51-41)48(36-20-12-8-16-32(36)4)44-28-26-42(52-44)47(40-24-22-38(45)50-40)35-19-11-7-15-31(35)3;/h5-28,49,52H,1-4H3;. The normalized spacial score (nSPS) is 11.8. The van der Waals surface area contributed by atoms with Crippen LogP contribution in [-0.4, -0.2) is 19.9 Å². The van der Waals surface area contributed by atoms with E-state index in [1.54, 1.807) is 0 Å². The molecule has 0 fully saturated rings. The Bertz CT molecular complexity index is 2420. The smallest absolute Gasteiger partial charge is 0.0737 e. The molecular formula is C48H38MnN4. The minimum atomic E-state index is 0. The number of hydrogen-bond acceptors (Lipinski definition) is 2. The van der Waals surface area contributed by atoms with Crippen LogP contribution in [0.4, 0.5) is 0 Å². The molecule has 1 radical (unpaired) electrons. The third kappa shape index (κ3) is 5.98. The largest absolute Gasteiger partial charge is 0.354 e. The van der Waals surface area contributed by atoms with E-state index in [-0.39, 0.29) is 17.1 Å². The van der Waals surface area contributed by atoms with Gasteiger partial charge in [0.2, 0.25) is 0 Å². The van der Waals surface area contributed by atoms with Gasteiger partial charge in [-0.2, -0.15) is 0 Å². The van der Waals surface area contributed by atoms with Gasteiger partial charge in [-0.05, 0) is 121 Å². The van der Waals surface area contributed by atoms with Crippen molar-refractivity contribution in [2.45, 2.75) is 27.7 Å². The van der Waals surface area contributed by atoms with Crippen molar-refractivity contribution in [2.24, 2.45) is 0 Å². The van der Waals surface area contributed by atoms with Gasteiger partial charge in [0, 0.05) is 61.4 Å². The molecule has 0 saturated carbocycles. The van der Waals surface area contributed by atoms with Crippen LogP contribution >= 0.6 is 0 Å². The molecule has 0 amide bonds. The summed E-state index contributed by atoms with van der Waals surface area (Å²) in [7, 11) is 0. The van der Waals surface area contributed by atoms with Gasteiger partial charge < -0.3 is 9.97 Å². The van der Waals surface area contributed by atoms with Crippen LogP contribution in [0.15, 0.2) is 121 Å². The molecule has 3 aromatic heterocycles. The Labute approximate surface area is 320 Å². The fourth-order valence-electron chi connectivity index (χ4n) is 7.75. The second-order valence-electron chi connectivity index (χ2n) is 13.8. The van der Waals surface area contributed by atoms with E-state index in [9.17, 15) is 0 Å². The first-order valence-electron chi connectivity index (χ1n) is 17.8. The van der Waals surface area contributed by atoms with E-state index in [1.165, 1.54) is 22.3 Å². The number of hydrogen-bond donors (Lipinski definition) is 2. The monoisotopic (exact) mass is 725 g/mol. The molecule has 0 unspecified atom stereocenters. The first-order chi connectivity index (χ1) is 25.4. The van der Waals surface area contributed by atoms with Crippen LogP contribution in [-0.2, 0) is 17.1 Å². The van der Waals surface area contributed by atoms with Gasteiger partial charge in [-0.3, -0.25) is 0 Å². The van der Waals surface area contributed by atoms with Crippen molar-refractivity contribution < 1.29 is 17.1 Å². The number of benzene rings is 4. The summed E-state index contributed by atoms with van der Waals surface area (Å²) in [5, 5.41) is 0. The van der Waals surface area contributed by atoms with Crippen molar-refractivity contribution in [1.82, 2.24) is 19.9 Å².